The summed E-state index contributed by atoms with van der Waals surface area (Å²) in [7, 11) is 0. The van der Waals surface area contributed by atoms with Gasteiger partial charge in [0.2, 0.25) is 5.91 Å². The number of hydrogen-bond donors (Lipinski definition) is 6. The monoisotopic (exact) mass is 340 g/mol. The van der Waals surface area contributed by atoms with Crippen molar-refractivity contribution in [3.63, 3.8) is 0 Å². The molecule has 1 fully saturated rings. The Morgan fingerprint density at radius 2 is 1.96 bits per heavy atom. The summed E-state index contributed by atoms with van der Waals surface area (Å²) in [5.74, 6) is -1.55. The second kappa shape index (κ2) is 7.58. The number of amides is 1. The Kier molecular flexibility index (Phi) is 5.73. The topological polar surface area (TPSA) is 148 Å². The Bertz CT molecular complexity index is 609. The second-order valence-corrected chi connectivity index (χ2v) is 5.52. The molecule has 1 aliphatic heterocycles. The summed E-state index contributed by atoms with van der Waals surface area (Å²) in [4.78, 5) is 22.4. The third-order valence-corrected chi connectivity index (χ3v) is 3.71. The molecule has 0 saturated carbocycles. The van der Waals surface area contributed by atoms with Crippen molar-refractivity contribution in [3.05, 3.63) is 29.8 Å². The molecule has 0 bridgehead atoms. The highest BCUT2D eigenvalue weighted by molar-refractivity contribution is 5.88. The van der Waals surface area contributed by atoms with Gasteiger partial charge in [0.1, 0.15) is 24.4 Å². The Labute approximate surface area is 137 Å². The van der Waals surface area contributed by atoms with Gasteiger partial charge in [0.25, 0.3) is 0 Å². The molecule has 0 unspecified atom stereocenters. The number of carbonyl (C=O) groups excluding carboxylic acids is 1. The van der Waals surface area contributed by atoms with Crippen molar-refractivity contribution in [1.29, 1.82) is 0 Å². The zero-order chi connectivity index (χ0) is 17.9. The zero-order valence-electron chi connectivity index (χ0n) is 12.9. The molecular weight excluding hydrogens is 320 g/mol. The fourth-order valence-electron chi connectivity index (χ4n) is 2.54. The van der Waals surface area contributed by atoms with Gasteiger partial charge in [-0.1, -0.05) is 6.07 Å². The number of nitrogens with one attached hydrogen (secondary N) is 2. The molecule has 132 valence electrons. The average molecular weight is 340 g/mol. The van der Waals surface area contributed by atoms with E-state index < -0.39 is 49.1 Å². The minimum Gasteiger partial charge on any atom is -0.478 e. The molecule has 0 spiro atoms. The first kappa shape index (κ1) is 18.1. The first-order chi connectivity index (χ1) is 11.3. The molecule has 9 nitrogen and oxygen atoms in total. The molecule has 0 aromatic heterocycles. The molecule has 1 saturated heterocycles. The van der Waals surface area contributed by atoms with E-state index in [1.54, 1.807) is 6.07 Å². The molecule has 9 heteroatoms. The van der Waals surface area contributed by atoms with Gasteiger partial charge in [-0.3, -0.25) is 4.79 Å². The van der Waals surface area contributed by atoms with Gasteiger partial charge in [-0.2, -0.15) is 0 Å². The third-order valence-electron chi connectivity index (χ3n) is 3.71. The van der Waals surface area contributed by atoms with Crippen LogP contribution in [0.4, 0.5) is 5.69 Å². The first-order valence-electron chi connectivity index (χ1n) is 7.33. The quantitative estimate of drug-likeness (QED) is 0.389. The lowest BCUT2D eigenvalue weighted by Gasteiger charge is -2.43. The van der Waals surface area contributed by atoms with Crippen LogP contribution in [0.2, 0.25) is 0 Å². The van der Waals surface area contributed by atoms with Gasteiger partial charge in [0.05, 0.1) is 12.2 Å². The largest absolute Gasteiger partial charge is 0.478 e. The van der Waals surface area contributed by atoms with E-state index in [1.165, 1.54) is 25.1 Å². The summed E-state index contributed by atoms with van der Waals surface area (Å²) in [6.45, 7) is 0.720. The van der Waals surface area contributed by atoms with Crippen LogP contribution in [0.1, 0.15) is 17.3 Å². The molecule has 1 heterocycles. The van der Waals surface area contributed by atoms with E-state index in [9.17, 15) is 24.9 Å². The molecule has 0 aliphatic carbocycles. The lowest BCUT2D eigenvalue weighted by molar-refractivity contribution is -0.188. The molecule has 1 amide bonds. The number of aliphatic hydroxyl groups excluding tert-OH is 3. The Balaban J connectivity index is 2.24. The van der Waals surface area contributed by atoms with Crippen LogP contribution in [-0.4, -0.2) is 69.5 Å². The van der Waals surface area contributed by atoms with Gasteiger partial charge in [-0.05, 0) is 18.2 Å². The number of carbonyl (C=O) groups is 2. The van der Waals surface area contributed by atoms with Crippen LogP contribution in [-0.2, 0) is 9.53 Å². The molecule has 1 aromatic rings. The lowest BCUT2D eigenvalue weighted by Crippen LogP contribution is -2.65. The Morgan fingerprint density at radius 3 is 2.54 bits per heavy atom. The molecule has 0 radical (unpaired) electrons. The summed E-state index contributed by atoms with van der Waals surface area (Å²) in [6, 6.07) is 4.90. The van der Waals surface area contributed by atoms with Gasteiger partial charge in [0.15, 0.2) is 6.23 Å². The van der Waals surface area contributed by atoms with E-state index in [-0.39, 0.29) is 5.56 Å². The maximum atomic E-state index is 11.3. The standard InChI is InChI=1S/C15H20N2O7/c1-7(19)16-11-13(21)12(20)10(6-18)24-14(11)17-9-4-2-3-8(5-9)15(22)23/h2-5,10-14,17-18,20-21H,6H2,1H3,(H,16,19)(H,22,23)/t10-,11-,12-,13-,14-/m1/s1. The van der Waals surface area contributed by atoms with E-state index in [1.807, 2.05) is 0 Å². The molecule has 2 rings (SSSR count). The second-order valence-electron chi connectivity index (χ2n) is 5.52. The van der Waals surface area contributed by atoms with Crippen molar-refractivity contribution in [2.24, 2.45) is 0 Å². The van der Waals surface area contributed by atoms with Crippen molar-refractivity contribution < 1.29 is 34.8 Å². The van der Waals surface area contributed by atoms with Crippen molar-refractivity contribution >= 4 is 17.6 Å². The number of hydrogen-bond acceptors (Lipinski definition) is 7. The van der Waals surface area contributed by atoms with E-state index in [4.69, 9.17) is 9.84 Å². The number of aromatic carboxylic acids is 1. The van der Waals surface area contributed by atoms with Crippen LogP contribution in [0.15, 0.2) is 24.3 Å². The molecule has 1 aromatic carbocycles. The minimum absolute atomic E-state index is 0.0474. The molecular formula is C15H20N2O7. The van der Waals surface area contributed by atoms with E-state index >= 15 is 0 Å². The average Bonchev–Trinajstić information content (AvgIpc) is 2.54. The minimum atomic E-state index is -1.38. The summed E-state index contributed by atoms with van der Waals surface area (Å²) in [6.07, 6.45) is -4.78. The Hall–Kier alpha value is -2.20. The lowest BCUT2D eigenvalue weighted by atomic mass is 9.95. The fourth-order valence-corrected chi connectivity index (χ4v) is 2.54. The maximum absolute atomic E-state index is 11.3. The van der Waals surface area contributed by atoms with E-state index in [0.29, 0.717) is 5.69 Å². The van der Waals surface area contributed by atoms with Gasteiger partial charge in [0, 0.05) is 12.6 Å². The SMILES string of the molecule is CC(=O)N[C@@H]1[C@@H](O)[C@H](O)[C@@H](CO)O[C@H]1Nc1cccc(C(=O)O)c1. The number of rotatable bonds is 5. The van der Waals surface area contributed by atoms with Crippen LogP contribution in [0.25, 0.3) is 0 Å². The number of ether oxygens (including phenoxy) is 1. The van der Waals surface area contributed by atoms with Crippen molar-refractivity contribution in [1.82, 2.24) is 5.32 Å². The number of aliphatic hydroxyl groups is 3. The van der Waals surface area contributed by atoms with Crippen LogP contribution in [0, 0.1) is 0 Å². The summed E-state index contributed by atoms with van der Waals surface area (Å²) in [5.41, 5.74) is 0.432. The van der Waals surface area contributed by atoms with Crippen LogP contribution in [0.3, 0.4) is 0 Å². The van der Waals surface area contributed by atoms with Crippen molar-refractivity contribution in [2.75, 3.05) is 11.9 Å². The summed E-state index contributed by atoms with van der Waals surface area (Å²) in [5, 5.41) is 43.7. The first-order valence-corrected chi connectivity index (χ1v) is 7.33. The van der Waals surface area contributed by atoms with Gasteiger partial charge >= 0.3 is 5.97 Å². The number of carboxylic acids is 1. The third kappa shape index (κ3) is 4.01. The molecule has 6 N–H and O–H groups in total. The van der Waals surface area contributed by atoms with Crippen LogP contribution < -0.4 is 10.6 Å². The Morgan fingerprint density at radius 1 is 1.25 bits per heavy atom. The highest BCUT2D eigenvalue weighted by Gasteiger charge is 2.44. The highest BCUT2D eigenvalue weighted by atomic mass is 16.5. The van der Waals surface area contributed by atoms with Crippen LogP contribution >= 0.6 is 0 Å². The highest BCUT2D eigenvalue weighted by Crippen LogP contribution is 2.23. The molecule has 5 atom stereocenters. The van der Waals surface area contributed by atoms with Gasteiger partial charge in [-0.25, -0.2) is 4.79 Å². The smallest absolute Gasteiger partial charge is 0.335 e. The van der Waals surface area contributed by atoms with E-state index in [0.717, 1.165) is 0 Å². The maximum Gasteiger partial charge on any atom is 0.335 e. The van der Waals surface area contributed by atoms with Crippen molar-refractivity contribution in [3.8, 4) is 0 Å². The molecule has 24 heavy (non-hydrogen) atoms. The van der Waals surface area contributed by atoms with Crippen molar-refractivity contribution in [2.45, 2.75) is 37.5 Å². The van der Waals surface area contributed by atoms with Gasteiger partial charge in [-0.15, -0.1) is 0 Å². The predicted molar refractivity (Wildman–Crippen MR) is 82.4 cm³/mol. The van der Waals surface area contributed by atoms with Crippen LogP contribution in [0.5, 0.6) is 0 Å². The zero-order valence-corrected chi connectivity index (χ0v) is 12.9. The normalized spacial score (nSPS) is 29.8. The number of carboxylic acid groups (broad SMARTS) is 1. The summed E-state index contributed by atoms with van der Waals surface area (Å²) >= 11 is 0. The summed E-state index contributed by atoms with van der Waals surface area (Å²) < 4.78 is 5.50. The van der Waals surface area contributed by atoms with Gasteiger partial charge < -0.3 is 35.8 Å². The van der Waals surface area contributed by atoms with E-state index in [2.05, 4.69) is 10.6 Å². The molecule has 1 aliphatic rings. The fraction of sp³-hybridized carbons (Fsp3) is 0.467. The number of anilines is 1. The predicted octanol–water partition coefficient (Wildman–Crippen LogP) is -1.26. The number of benzene rings is 1.